The van der Waals surface area contributed by atoms with Gasteiger partial charge in [0.05, 0.1) is 0 Å². The molecule has 0 saturated carbocycles. The standard InChI is InChI=1S/C14H14FN3O/c1-9-11(15)4-3-5-12(9)18-14(19)10-6-7-17-13(8-10)16-2/h3-8H,1-2H3,(H,16,17)(H,18,19). The lowest BCUT2D eigenvalue weighted by Gasteiger charge is -2.09. The molecule has 0 unspecified atom stereocenters. The van der Waals surface area contributed by atoms with Crippen LogP contribution in [-0.4, -0.2) is 17.9 Å². The molecule has 0 fully saturated rings. The smallest absolute Gasteiger partial charge is 0.255 e. The molecule has 1 aromatic carbocycles. The highest BCUT2D eigenvalue weighted by Gasteiger charge is 2.10. The van der Waals surface area contributed by atoms with Gasteiger partial charge < -0.3 is 10.6 Å². The molecule has 1 aromatic heterocycles. The highest BCUT2D eigenvalue weighted by molar-refractivity contribution is 6.05. The zero-order chi connectivity index (χ0) is 13.8. The maximum absolute atomic E-state index is 13.4. The molecule has 2 N–H and O–H groups in total. The SMILES string of the molecule is CNc1cc(C(=O)Nc2cccc(F)c2C)ccn1. The molecule has 4 nitrogen and oxygen atoms in total. The zero-order valence-corrected chi connectivity index (χ0v) is 10.7. The molecule has 0 aliphatic heterocycles. The highest BCUT2D eigenvalue weighted by Crippen LogP contribution is 2.18. The minimum Gasteiger partial charge on any atom is -0.373 e. The predicted octanol–water partition coefficient (Wildman–Crippen LogP) is 2.82. The van der Waals surface area contributed by atoms with E-state index in [2.05, 4.69) is 15.6 Å². The second-order valence-electron chi connectivity index (χ2n) is 4.05. The lowest BCUT2D eigenvalue weighted by Crippen LogP contribution is -2.13. The van der Waals surface area contributed by atoms with Gasteiger partial charge in [-0.05, 0) is 31.2 Å². The van der Waals surface area contributed by atoms with Gasteiger partial charge in [0.15, 0.2) is 0 Å². The van der Waals surface area contributed by atoms with Crippen LogP contribution in [0.3, 0.4) is 0 Å². The van der Waals surface area contributed by atoms with Gasteiger partial charge in [-0.1, -0.05) is 6.07 Å². The van der Waals surface area contributed by atoms with Gasteiger partial charge in [0.2, 0.25) is 0 Å². The number of amides is 1. The minimum atomic E-state index is -0.344. The third-order valence-corrected chi connectivity index (χ3v) is 2.79. The van der Waals surface area contributed by atoms with Crippen LogP contribution in [0.4, 0.5) is 15.9 Å². The molecule has 0 aliphatic rings. The maximum atomic E-state index is 13.4. The fraction of sp³-hybridized carbons (Fsp3) is 0.143. The Morgan fingerprint density at radius 3 is 2.84 bits per heavy atom. The Bertz CT molecular complexity index is 613. The van der Waals surface area contributed by atoms with E-state index in [1.807, 2.05) is 0 Å². The van der Waals surface area contributed by atoms with Crippen molar-refractivity contribution in [1.29, 1.82) is 0 Å². The first-order chi connectivity index (χ1) is 9.11. The van der Waals surface area contributed by atoms with Crippen molar-refractivity contribution in [3.63, 3.8) is 0 Å². The van der Waals surface area contributed by atoms with Crippen LogP contribution < -0.4 is 10.6 Å². The number of benzene rings is 1. The number of aromatic nitrogens is 1. The first-order valence-electron chi connectivity index (χ1n) is 5.82. The molecule has 1 amide bonds. The molecule has 1 heterocycles. The van der Waals surface area contributed by atoms with Crippen molar-refractivity contribution < 1.29 is 9.18 Å². The molecule has 19 heavy (non-hydrogen) atoms. The van der Waals surface area contributed by atoms with E-state index in [1.165, 1.54) is 6.07 Å². The van der Waals surface area contributed by atoms with Crippen molar-refractivity contribution in [2.24, 2.45) is 0 Å². The van der Waals surface area contributed by atoms with Crippen molar-refractivity contribution in [2.45, 2.75) is 6.92 Å². The van der Waals surface area contributed by atoms with Crippen LogP contribution in [0.5, 0.6) is 0 Å². The van der Waals surface area contributed by atoms with E-state index >= 15 is 0 Å². The number of halogens is 1. The topological polar surface area (TPSA) is 54.0 Å². The lowest BCUT2D eigenvalue weighted by atomic mass is 10.1. The number of hydrogen-bond acceptors (Lipinski definition) is 3. The largest absolute Gasteiger partial charge is 0.373 e. The van der Waals surface area contributed by atoms with Gasteiger partial charge in [0.1, 0.15) is 11.6 Å². The van der Waals surface area contributed by atoms with E-state index in [-0.39, 0.29) is 11.7 Å². The summed E-state index contributed by atoms with van der Waals surface area (Å²) in [4.78, 5) is 16.1. The Morgan fingerprint density at radius 1 is 1.32 bits per heavy atom. The highest BCUT2D eigenvalue weighted by atomic mass is 19.1. The van der Waals surface area contributed by atoms with Crippen molar-refractivity contribution >= 4 is 17.4 Å². The van der Waals surface area contributed by atoms with Gasteiger partial charge in [-0.25, -0.2) is 9.37 Å². The van der Waals surface area contributed by atoms with Crippen LogP contribution in [0.15, 0.2) is 36.5 Å². The Labute approximate surface area is 110 Å². The van der Waals surface area contributed by atoms with Crippen LogP contribution in [-0.2, 0) is 0 Å². The van der Waals surface area contributed by atoms with Crippen molar-refractivity contribution in [3.8, 4) is 0 Å². The average molecular weight is 259 g/mol. The van der Waals surface area contributed by atoms with Gasteiger partial charge in [0, 0.05) is 30.1 Å². The molecule has 5 heteroatoms. The van der Waals surface area contributed by atoms with Gasteiger partial charge in [-0.15, -0.1) is 0 Å². The number of rotatable bonds is 3. The second-order valence-corrected chi connectivity index (χ2v) is 4.05. The molecule has 0 radical (unpaired) electrons. The summed E-state index contributed by atoms with van der Waals surface area (Å²) in [6.45, 7) is 1.62. The average Bonchev–Trinajstić information content (AvgIpc) is 2.44. The Kier molecular flexibility index (Phi) is 3.75. The number of pyridine rings is 1. The fourth-order valence-corrected chi connectivity index (χ4v) is 1.65. The Balaban J connectivity index is 2.23. The minimum absolute atomic E-state index is 0.299. The normalized spacial score (nSPS) is 10.1. The number of carbonyl (C=O) groups is 1. The molecule has 2 rings (SSSR count). The summed E-state index contributed by atoms with van der Waals surface area (Å²) in [6.07, 6.45) is 1.54. The summed E-state index contributed by atoms with van der Waals surface area (Å²) in [5, 5.41) is 5.54. The second kappa shape index (κ2) is 5.48. The van der Waals surface area contributed by atoms with Crippen LogP contribution >= 0.6 is 0 Å². The van der Waals surface area contributed by atoms with Gasteiger partial charge in [0.25, 0.3) is 5.91 Å². The number of anilines is 2. The first kappa shape index (κ1) is 13.0. The maximum Gasteiger partial charge on any atom is 0.255 e. The molecule has 0 bridgehead atoms. The van der Waals surface area contributed by atoms with E-state index < -0.39 is 0 Å². The summed E-state index contributed by atoms with van der Waals surface area (Å²) in [5.41, 5.74) is 1.34. The molecule has 0 spiro atoms. The Hall–Kier alpha value is -2.43. The first-order valence-corrected chi connectivity index (χ1v) is 5.82. The summed E-state index contributed by atoms with van der Waals surface area (Å²) >= 11 is 0. The van der Waals surface area contributed by atoms with Crippen LogP contribution in [0, 0.1) is 12.7 Å². The zero-order valence-electron chi connectivity index (χ0n) is 10.7. The molecule has 0 atom stereocenters. The van der Waals surface area contributed by atoms with E-state index in [0.29, 0.717) is 22.6 Å². The number of hydrogen-bond donors (Lipinski definition) is 2. The van der Waals surface area contributed by atoms with E-state index in [1.54, 1.807) is 44.4 Å². The van der Waals surface area contributed by atoms with Crippen molar-refractivity contribution in [1.82, 2.24) is 4.98 Å². The molecular weight excluding hydrogens is 245 g/mol. The van der Waals surface area contributed by atoms with E-state index in [9.17, 15) is 9.18 Å². The van der Waals surface area contributed by atoms with E-state index in [0.717, 1.165) is 0 Å². The van der Waals surface area contributed by atoms with Crippen molar-refractivity contribution in [2.75, 3.05) is 17.7 Å². The number of carbonyl (C=O) groups excluding carboxylic acids is 1. The van der Waals surface area contributed by atoms with Gasteiger partial charge >= 0.3 is 0 Å². The number of nitrogens with zero attached hydrogens (tertiary/aromatic N) is 1. The summed E-state index contributed by atoms with van der Waals surface area (Å²) < 4.78 is 13.4. The fourth-order valence-electron chi connectivity index (χ4n) is 1.65. The van der Waals surface area contributed by atoms with E-state index in [4.69, 9.17) is 0 Å². The third kappa shape index (κ3) is 2.88. The molecular formula is C14H14FN3O. The van der Waals surface area contributed by atoms with Gasteiger partial charge in [-0.2, -0.15) is 0 Å². The predicted molar refractivity (Wildman–Crippen MR) is 72.9 cm³/mol. The third-order valence-electron chi connectivity index (χ3n) is 2.79. The molecule has 0 aliphatic carbocycles. The van der Waals surface area contributed by atoms with Gasteiger partial charge in [-0.3, -0.25) is 4.79 Å². The summed E-state index contributed by atoms with van der Waals surface area (Å²) in [7, 11) is 1.72. The summed E-state index contributed by atoms with van der Waals surface area (Å²) in [5.74, 6) is -0.0420. The monoisotopic (exact) mass is 259 g/mol. The van der Waals surface area contributed by atoms with Crippen LogP contribution in [0.1, 0.15) is 15.9 Å². The molecule has 0 saturated heterocycles. The summed E-state index contributed by atoms with van der Waals surface area (Å²) in [6, 6.07) is 7.81. The quantitative estimate of drug-likeness (QED) is 0.891. The van der Waals surface area contributed by atoms with Crippen LogP contribution in [0.2, 0.25) is 0 Å². The Morgan fingerprint density at radius 2 is 2.11 bits per heavy atom. The van der Waals surface area contributed by atoms with Crippen LogP contribution in [0.25, 0.3) is 0 Å². The molecule has 98 valence electrons. The number of nitrogens with one attached hydrogen (secondary N) is 2. The molecule has 2 aromatic rings. The van der Waals surface area contributed by atoms with Crippen molar-refractivity contribution in [3.05, 3.63) is 53.5 Å². The lowest BCUT2D eigenvalue weighted by molar-refractivity contribution is 0.102.